The van der Waals surface area contributed by atoms with Crippen LogP contribution in [0.5, 0.6) is 0 Å². The average molecular weight is 708 g/mol. The van der Waals surface area contributed by atoms with E-state index in [4.69, 9.17) is 4.74 Å². The van der Waals surface area contributed by atoms with Gasteiger partial charge in [0.1, 0.15) is 6.10 Å². The van der Waals surface area contributed by atoms with Crippen LogP contribution in [-0.2, 0) is 14.3 Å². The molecule has 0 aliphatic carbocycles. The van der Waals surface area contributed by atoms with Crippen LogP contribution in [0.25, 0.3) is 0 Å². The molecule has 3 N–H and O–H groups in total. The van der Waals surface area contributed by atoms with Crippen molar-refractivity contribution in [1.82, 2.24) is 5.32 Å². The lowest BCUT2D eigenvalue weighted by Gasteiger charge is -2.24. The van der Waals surface area contributed by atoms with Gasteiger partial charge in [0, 0.05) is 6.42 Å². The number of nitrogens with one attached hydrogen (secondary N) is 1. The summed E-state index contributed by atoms with van der Waals surface area (Å²) in [6.07, 6.45) is 40.0. The highest BCUT2D eigenvalue weighted by atomic mass is 16.5. The van der Waals surface area contributed by atoms with Crippen molar-refractivity contribution in [2.24, 2.45) is 0 Å². The lowest BCUT2D eigenvalue weighted by atomic mass is 10.0. The molecule has 0 aromatic heterocycles. The highest BCUT2D eigenvalue weighted by Gasteiger charge is 2.24. The Labute approximate surface area is 310 Å². The SMILES string of the molecule is CCCCCCCCC/C=C\CCCCCC(=O)OC(CCCCCCCCC)CC(=O)NC(CO)C(O)CCCCCCCCCCCC. The Bertz CT molecular complexity index is 757. The summed E-state index contributed by atoms with van der Waals surface area (Å²) in [5.41, 5.74) is 0. The maximum Gasteiger partial charge on any atom is 0.306 e. The van der Waals surface area contributed by atoms with Gasteiger partial charge in [-0.25, -0.2) is 0 Å². The monoisotopic (exact) mass is 708 g/mol. The molecule has 0 heterocycles. The number of hydrogen-bond acceptors (Lipinski definition) is 5. The molecule has 3 unspecified atom stereocenters. The van der Waals surface area contributed by atoms with Gasteiger partial charge in [-0.3, -0.25) is 9.59 Å². The zero-order valence-corrected chi connectivity index (χ0v) is 33.5. The van der Waals surface area contributed by atoms with E-state index in [2.05, 4.69) is 38.2 Å². The number of aliphatic hydroxyl groups is 2. The molecule has 296 valence electrons. The smallest absolute Gasteiger partial charge is 0.306 e. The van der Waals surface area contributed by atoms with Crippen LogP contribution in [0.2, 0.25) is 0 Å². The van der Waals surface area contributed by atoms with Gasteiger partial charge in [-0.2, -0.15) is 0 Å². The van der Waals surface area contributed by atoms with Crippen LogP contribution < -0.4 is 5.32 Å². The summed E-state index contributed by atoms with van der Waals surface area (Å²) in [7, 11) is 0. The number of rotatable bonds is 39. The number of amides is 1. The van der Waals surface area contributed by atoms with Crippen LogP contribution >= 0.6 is 0 Å². The van der Waals surface area contributed by atoms with Gasteiger partial charge in [-0.15, -0.1) is 0 Å². The van der Waals surface area contributed by atoms with Gasteiger partial charge in [0.05, 0.1) is 25.2 Å². The number of esters is 1. The van der Waals surface area contributed by atoms with E-state index in [1.165, 1.54) is 128 Å². The van der Waals surface area contributed by atoms with Crippen molar-refractivity contribution in [1.29, 1.82) is 0 Å². The van der Waals surface area contributed by atoms with E-state index in [0.717, 1.165) is 57.8 Å². The van der Waals surface area contributed by atoms with E-state index in [1.807, 2.05) is 0 Å². The Morgan fingerprint density at radius 1 is 0.560 bits per heavy atom. The summed E-state index contributed by atoms with van der Waals surface area (Å²) < 4.78 is 5.86. The molecule has 0 radical (unpaired) electrons. The van der Waals surface area contributed by atoms with Crippen molar-refractivity contribution in [2.45, 2.75) is 251 Å². The van der Waals surface area contributed by atoms with Crippen LogP contribution in [0.4, 0.5) is 0 Å². The molecule has 3 atom stereocenters. The number of aliphatic hydroxyl groups excluding tert-OH is 2. The Balaban J connectivity index is 4.47. The maximum absolute atomic E-state index is 13.0. The minimum atomic E-state index is -0.780. The third kappa shape index (κ3) is 33.7. The quantitative estimate of drug-likeness (QED) is 0.0336. The summed E-state index contributed by atoms with van der Waals surface area (Å²) in [5, 5.41) is 23.5. The second-order valence-corrected chi connectivity index (χ2v) is 15.1. The van der Waals surface area contributed by atoms with E-state index in [0.29, 0.717) is 19.3 Å². The Morgan fingerprint density at radius 3 is 1.42 bits per heavy atom. The highest BCUT2D eigenvalue weighted by Crippen LogP contribution is 2.17. The molecular weight excluding hydrogens is 622 g/mol. The minimum absolute atomic E-state index is 0.0760. The first kappa shape index (κ1) is 48.6. The Morgan fingerprint density at radius 2 is 0.960 bits per heavy atom. The summed E-state index contributed by atoms with van der Waals surface area (Å²) in [4.78, 5) is 25.8. The highest BCUT2D eigenvalue weighted by molar-refractivity contribution is 5.77. The summed E-state index contributed by atoms with van der Waals surface area (Å²) in [6.45, 7) is 6.42. The van der Waals surface area contributed by atoms with Gasteiger partial charge in [-0.1, -0.05) is 181 Å². The fourth-order valence-corrected chi connectivity index (χ4v) is 6.72. The lowest BCUT2D eigenvalue weighted by molar-refractivity contribution is -0.151. The molecule has 1 amide bonds. The Kier molecular flexibility index (Phi) is 37.7. The number of carbonyl (C=O) groups is 2. The van der Waals surface area contributed by atoms with Crippen molar-refractivity contribution in [3.63, 3.8) is 0 Å². The number of hydrogen-bond donors (Lipinski definition) is 3. The molecule has 50 heavy (non-hydrogen) atoms. The summed E-state index contributed by atoms with van der Waals surface area (Å²) in [6, 6.07) is -0.694. The third-order valence-electron chi connectivity index (χ3n) is 10.1. The Hall–Kier alpha value is -1.40. The molecule has 6 heteroatoms. The molecule has 0 saturated heterocycles. The number of unbranched alkanes of at least 4 members (excludes halogenated alkanes) is 25. The second-order valence-electron chi connectivity index (χ2n) is 15.1. The number of allylic oxidation sites excluding steroid dienone is 2. The third-order valence-corrected chi connectivity index (χ3v) is 10.1. The van der Waals surface area contributed by atoms with Crippen LogP contribution in [0.15, 0.2) is 12.2 Å². The number of carbonyl (C=O) groups excluding carboxylic acids is 2. The molecule has 0 aliphatic rings. The van der Waals surface area contributed by atoms with E-state index >= 15 is 0 Å². The number of ether oxygens (including phenoxy) is 1. The molecule has 0 fully saturated rings. The van der Waals surface area contributed by atoms with Gasteiger partial charge in [-0.05, 0) is 51.4 Å². The van der Waals surface area contributed by atoms with E-state index in [-0.39, 0.29) is 24.9 Å². The molecule has 0 aromatic rings. The van der Waals surface area contributed by atoms with Crippen LogP contribution in [-0.4, -0.2) is 46.9 Å². The molecule has 0 saturated carbocycles. The van der Waals surface area contributed by atoms with Crippen molar-refractivity contribution >= 4 is 11.9 Å². The largest absolute Gasteiger partial charge is 0.462 e. The van der Waals surface area contributed by atoms with Crippen LogP contribution in [0.3, 0.4) is 0 Å². The topological polar surface area (TPSA) is 95.9 Å². The first-order valence-corrected chi connectivity index (χ1v) is 21.9. The van der Waals surface area contributed by atoms with Gasteiger partial charge in [0.2, 0.25) is 5.91 Å². The molecule has 0 bridgehead atoms. The van der Waals surface area contributed by atoms with Crippen LogP contribution in [0, 0.1) is 0 Å². The first-order valence-electron chi connectivity index (χ1n) is 21.9. The van der Waals surface area contributed by atoms with Crippen molar-refractivity contribution in [3.8, 4) is 0 Å². The minimum Gasteiger partial charge on any atom is -0.462 e. The van der Waals surface area contributed by atoms with E-state index in [9.17, 15) is 19.8 Å². The van der Waals surface area contributed by atoms with Gasteiger partial charge >= 0.3 is 5.97 Å². The molecule has 0 aromatic carbocycles. The first-order chi connectivity index (χ1) is 24.5. The predicted molar refractivity (Wildman–Crippen MR) is 213 cm³/mol. The normalized spacial score (nSPS) is 13.5. The molecular formula is C44H85NO5. The van der Waals surface area contributed by atoms with Gasteiger partial charge in [0.15, 0.2) is 0 Å². The second kappa shape index (κ2) is 38.8. The van der Waals surface area contributed by atoms with Crippen LogP contribution in [0.1, 0.15) is 233 Å². The van der Waals surface area contributed by atoms with Crippen molar-refractivity contribution < 1.29 is 24.5 Å². The molecule has 0 rings (SSSR count). The van der Waals surface area contributed by atoms with E-state index in [1.54, 1.807) is 0 Å². The van der Waals surface area contributed by atoms with Crippen molar-refractivity contribution in [3.05, 3.63) is 12.2 Å². The van der Waals surface area contributed by atoms with Gasteiger partial charge in [0.25, 0.3) is 0 Å². The maximum atomic E-state index is 13.0. The summed E-state index contributed by atoms with van der Waals surface area (Å²) >= 11 is 0. The summed E-state index contributed by atoms with van der Waals surface area (Å²) in [5.74, 6) is -0.491. The van der Waals surface area contributed by atoms with Crippen molar-refractivity contribution in [2.75, 3.05) is 6.61 Å². The standard InChI is InChI=1S/C44H85NO5/c1-4-7-10-13-16-18-20-21-22-23-25-28-31-34-37-44(49)50-40(35-32-29-26-15-12-9-6-3)38-43(48)45-41(39-46)42(47)36-33-30-27-24-19-17-14-11-8-5-2/h22-23,40-42,46-47H,4-21,24-39H2,1-3H3,(H,45,48)/b23-22-. The predicted octanol–water partition coefficient (Wildman–Crippen LogP) is 12.2. The van der Waals surface area contributed by atoms with Gasteiger partial charge < -0.3 is 20.3 Å². The average Bonchev–Trinajstić information content (AvgIpc) is 3.10. The zero-order chi connectivity index (χ0) is 36.8. The molecule has 6 nitrogen and oxygen atoms in total. The van der Waals surface area contributed by atoms with E-state index < -0.39 is 18.2 Å². The molecule has 0 spiro atoms. The lowest BCUT2D eigenvalue weighted by Crippen LogP contribution is -2.46. The zero-order valence-electron chi connectivity index (χ0n) is 33.5. The molecule has 0 aliphatic heterocycles. The fraction of sp³-hybridized carbons (Fsp3) is 0.909. The fourth-order valence-electron chi connectivity index (χ4n) is 6.72.